The Morgan fingerprint density at radius 1 is 0.897 bits per heavy atom. The molecule has 2 aromatic rings. The maximum Gasteiger partial charge on any atom is 0.314 e. The van der Waals surface area contributed by atoms with E-state index < -0.39 is 0 Å². The van der Waals surface area contributed by atoms with Crippen molar-refractivity contribution >= 4 is 5.97 Å². The molecule has 0 aliphatic heterocycles. The minimum atomic E-state index is -0.141. The first-order valence-corrected chi connectivity index (χ1v) is 11.3. The second kappa shape index (κ2) is 13.1. The zero-order valence-corrected chi connectivity index (χ0v) is 18.3. The molecule has 0 fully saturated rings. The van der Waals surface area contributed by atoms with Gasteiger partial charge in [-0.3, -0.25) is 4.79 Å². The maximum atomic E-state index is 12.2. The first kappa shape index (κ1) is 23.1. The minimum absolute atomic E-state index is 0.0257. The molecule has 0 aliphatic carbocycles. The van der Waals surface area contributed by atoms with Crippen molar-refractivity contribution in [1.29, 1.82) is 0 Å². The van der Waals surface area contributed by atoms with E-state index in [4.69, 9.17) is 4.74 Å². The highest BCUT2D eigenvalue weighted by Crippen LogP contribution is 2.22. The Bertz CT molecular complexity index is 711. The van der Waals surface area contributed by atoms with Gasteiger partial charge in [0.1, 0.15) is 5.75 Å². The molecule has 1 atom stereocenters. The number of nitrogens with zero attached hydrogens (tertiary/aromatic N) is 2. The Morgan fingerprint density at radius 2 is 1.55 bits per heavy atom. The fourth-order valence-electron chi connectivity index (χ4n) is 3.45. The molecule has 1 unspecified atom stereocenters. The lowest BCUT2D eigenvalue weighted by atomic mass is 10.0. The van der Waals surface area contributed by atoms with Crippen LogP contribution in [0.1, 0.15) is 84.1 Å². The predicted molar refractivity (Wildman–Crippen MR) is 119 cm³/mol. The van der Waals surface area contributed by atoms with Crippen molar-refractivity contribution in [2.24, 2.45) is 5.92 Å². The van der Waals surface area contributed by atoms with E-state index in [9.17, 15) is 4.79 Å². The Morgan fingerprint density at radius 3 is 2.17 bits per heavy atom. The van der Waals surface area contributed by atoms with Gasteiger partial charge < -0.3 is 4.74 Å². The minimum Gasteiger partial charge on any atom is -0.426 e. The van der Waals surface area contributed by atoms with Gasteiger partial charge in [0.2, 0.25) is 0 Å². The third-order valence-electron chi connectivity index (χ3n) is 5.32. The Labute approximate surface area is 176 Å². The Hall–Kier alpha value is -2.23. The number of rotatable bonds is 13. The Balaban J connectivity index is 1.85. The van der Waals surface area contributed by atoms with Gasteiger partial charge in [-0.1, -0.05) is 59.3 Å². The molecule has 0 bridgehead atoms. The molecule has 0 radical (unpaired) electrons. The van der Waals surface area contributed by atoms with Crippen LogP contribution >= 0.6 is 0 Å². The van der Waals surface area contributed by atoms with Crippen molar-refractivity contribution in [3.63, 3.8) is 0 Å². The summed E-state index contributed by atoms with van der Waals surface area (Å²) < 4.78 is 5.53. The fourth-order valence-corrected chi connectivity index (χ4v) is 3.45. The van der Waals surface area contributed by atoms with Gasteiger partial charge in [0, 0.05) is 18.0 Å². The molecule has 29 heavy (non-hydrogen) atoms. The molecule has 4 heteroatoms. The van der Waals surface area contributed by atoms with Crippen molar-refractivity contribution in [2.75, 3.05) is 0 Å². The lowest BCUT2D eigenvalue weighted by molar-refractivity contribution is -0.139. The van der Waals surface area contributed by atoms with Gasteiger partial charge >= 0.3 is 5.97 Å². The number of carbonyl (C=O) groups is 1. The lowest BCUT2D eigenvalue weighted by Gasteiger charge is -2.13. The van der Waals surface area contributed by atoms with E-state index >= 15 is 0 Å². The maximum absolute atomic E-state index is 12.2. The van der Waals surface area contributed by atoms with Gasteiger partial charge in [-0.15, -0.1) is 0 Å². The fraction of sp³-hybridized carbons (Fsp3) is 0.560. The summed E-state index contributed by atoms with van der Waals surface area (Å²) in [4.78, 5) is 21.3. The van der Waals surface area contributed by atoms with Crippen molar-refractivity contribution in [3.05, 3.63) is 42.2 Å². The van der Waals surface area contributed by atoms with Crippen LogP contribution in [0.25, 0.3) is 11.4 Å². The number of carbonyl (C=O) groups excluding carboxylic acids is 1. The van der Waals surface area contributed by atoms with Gasteiger partial charge in [-0.25, -0.2) is 9.97 Å². The molecule has 0 saturated heterocycles. The van der Waals surface area contributed by atoms with Gasteiger partial charge in [-0.2, -0.15) is 0 Å². The van der Waals surface area contributed by atoms with E-state index in [1.807, 2.05) is 43.6 Å². The first-order valence-electron chi connectivity index (χ1n) is 11.3. The molecule has 0 amide bonds. The van der Waals surface area contributed by atoms with Crippen LogP contribution in [0.2, 0.25) is 0 Å². The summed E-state index contributed by atoms with van der Waals surface area (Å²) in [5.41, 5.74) is 2.12. The molecule has 0 N–H and O–H groups in total. The molecule has 0 spiro atoms. The number of unbranched alkanes of at least 4 members (excludes halogenated alkanes) is 5. The molecular formula is C25H36N2O2. The molecule has 0 saturated carbocycles. The second-order valence-electron chi connectivity index (χ2n) is 7.77. The van der Waals surface area contributed by atoms with E-state index in [0.717, 1.165) is 31.2 Å². The zero-order valence-electron chi connectivity index (χ0n) is 18.3. The largest absolute Gasteiger partial charge is 0.426 e. The normalized spacial score (nSPS) is 12.0. The number of aryl methyl sites for hydroxylation is 1. The topological polar surface area (TPSA) is 52.1 Å². The quantitative estimate of drug-likeness (QED) is 0.213. The smallest absolute Gasteiger partial charge is 0.314 e. The van der Waals surface area contributed by atoms with Crippen LogP contribution in [0.4, 0.5) is 0 Å². The molecule has 1 aromatic heterocycles. The van der Waals surface area contributed by atoms with Crippen LogP contribution in [-0.2, 0) is 11.2 Å². The first-order chi connectivity index (χ1) is 14.2. The van der Waals surface area contributed by atoms with Crippen LogP contribution in [0, 0.1) is 5.92 Å². The summed E-state index contributed by atoms with van der Waals surface area (Å²) in [6.45, 7) is 6.36. The van der Waals surface area contributed by atoms with Crippen LogP contribution in [0.5, 0.6) is 5.75 Å². The molecule has 158 valence electrons. The van der Waals surface area contributed by atoms with Crippen molar-refractivity contribution in [3.8, 4) is 17.1 Å². The van der Waals surface area contributed by atoms with Crippen molar-refractivity contribution in [2.45, 2.75) is 85.0 Å². The summed E-state index contributed by atoms with van der Waals surface area (Å²) in [5, 5.41) is 0. The number of hydrogen-bond donors (Lipinski definition) is 0. The van der Waals surface area contributed by atoms with Gasteiger partial charge in [0.25, 0.3) is 0 Å². The summed E-state index contributed by atoms with van der Waals surface area (Å²) >= 11 is 0. The molecule has 0 aliphatic rings. The highest BCUT2D eigenvalue weighted by Gasteiger charge is 2.17. The number of ether oxygens (including phenoxy) is 1. The van der Waals surface area contributed by atoms with E-state index in [-0.39, 0.29) is 11.9 Å². The number of esters is 1. The highest BCUT2D eigenvalue weighted by molar-refractivity contribution is 5.75. The zero-order chi connectivity index (χ0) is 20.9. The SMILES string of the molecule is CCCCCCCCc1cnc(-c2ccc(OC(=O)C(CC)CCC)cc2)nc1. The summed E-state index contributed by atoms with van der Waals surface area (Å²) in [7, 11) is 0. The lowest BCUT2D eigenvalue weighted by Crippen LogP contribution is -2.19. The number of benzene rings is 1. The molecule has 2 rings (SSSR count). The predicted octanol–water partition coefficient (Wildman–Crippen LogP) is 6.78. The molecule has 1 heterocycles. The van der Waals surface area contributed by atoms with E-state index in [1.165, 1.54) is 44.1 Å². The van der Waals surface area contributed by atoms with E-state index in [1.54, 1.807) is 0 Å². The standard InChI is InChI=1S/C25H36N2O2/c1-4-7-8-9-10-11-13-20-18-26-24(27-19-20)22-14-16-23(17-15-22)29-25(28)21(6-3)12-5-2/h14-19,21H,4-13H2,1-3H3. The van der Waals surface area contributed by atoms with E-state index in [2.05, 4.69) is 23.8 Å². The van der Waals surface area contributed by atoms with Crippen LogP contribution in [0.15, 0.2) is 36.7 Å². The van der Waals surface area contributed by atoms with Gasteiger partial charge in [-0.05, 0) is 55.5 Å². The van der Waals surface area contributed by atoms with Crippen molar-refractivity contribution in [1.82, 2.24) is 9.97 Å². The van der Waals surface area contributed by atoms with E-state index in [0.29, 0.717) is 11.6 Å². The van der Waals surface area contributed by atoms with Crippen LogP contribution in [0.3, 0.4) is 0 Å². The van der Waals surface area contributed by atoms with Crippen LogP contribution in [-0.4, -0.2) is 15.9 Å². The monoisotopic (exact) mass is 396 g/mol. The summed E-state index contributed by atoms with van der Waals surface area (Å²) in [6.07, 6.45) is 15.3. The average molecular weight is 397 g/mol. The number of aromatic nitrogens is 2. The highest BCUT2D eigenvalue weighted by atomic mass is 16.5. The molecular weight excluding hydrogens is 360 g/mol. The molecule has 4 nitrogen and oxygen atoms in total. The third kappa shape index (κ3) is 7.96. The van der Waals surface area contributed by atoms with Crippen molar-refractivity contribution < 1.29 is 9.53 Å². The second-order valence-corrected chi connectivity index (χ2v) is 7.77. The molecule has 1 aromatic carbocycles. The number of hydrogen-bond acceptors (Lipinski definition) is 4. The van der Waals surface area contributed by atoms with Gasteiger partial charge in [0.05, 0.1) is 5.92 Å². The third-order valence-corrected chi connectivity index (χ3v) is 5.32. The summed E-state index contributed by atoms with van der Waals surface area (Å²) in [5.74, 6) is 1.11. The van der Waals surface area contributed by atoms with Crippen LogP contribution < -0.4 is 4.74 Å². The summed E-state index contributed by atoms with van der Waals surface area (Å²) in [6, 6.07) is 7.46. The van der Waals surface area contributed by atoms with Gasteiger partial charge in [0.15, 0.2) is 5.82 Å². The Kier molecular flexibility index (Phi) is 10.4. The average Bonchev–Trinajstić information content (AvgIpc) is 2.75.